The summed E-state index contributed by atoms with van der Waals surface area (Å²) < 4.78 is 30.7. The van der Waals surface area contributed by atoms with Crippen LogP contribution in [0.5, 0.6) is 5.75 Å². The highest BCUT2D eigenvalue weighted by Crippen LogP contribution is 2.31. The van der Waals surface area contributed by atoms with E-state index in [1.165, 1.54) is 0 Å². The van der Waals surface area contributed by atoms with Gasteiger partial charge in [-0.3, -0.25) is 10.2 Å². The highest BCUT2D eigenvalue weighted by Gasteiger charge is 2.38. The largest absolute Gasteiger partial charge is 0.497 e. The number of amides is 1. The minimum Gasteiger partial charge on any atom is -0.497 e. The smallest absolute Gasteiger partial charge is 0.283 e. The van der Waals surface area contributed by atoms with Crippen LogP contribution in [-0.2, 0) is 14.6 Å². The predicted molar refractivity (Wildman–Crippen MR) is 122 cm³/mol. The molecule has 2 aliphatic heterocycles. The number of nitrogens with one attached hydrogen (secondary N) is 1. The van der Waals surface area contributed by atoms with Crippen molar-refractivity contribution in [2.24, 2.45) is 10.1 Å². The lowest BCUT2D eigenvalue weighted by Gasteiger charge is -2.20. The van der Waals surface area contributed by atoms with Gasteiger partial charge in [-0.25, -0.2) is 8.42 Å². The highest BCUT2D eigenvalue weighted by molar-refractivity contribution is 8.42. The number of fused-ring (bicyclic) bond motifs is 1. The summed E-state index contributed by atoms with van der Waals surface area (Å²) in [5, 5.41) is 13.5. The maximum Gasteiger partial charge on any atom is 0.283 e. The molecule has 2 aromatic rings. The molecule has 31 heavy (non-hydrogen) atoms. The number of aryl methyl sites for hydroxylation is 1. The second-order valence-electron chi connectivity index (χ2n) is 7.02. The molecule has 9 nitrogen and oxygen atoms in total. The number of thioether (sulfide) groups is 1. The van der Waals surface area contributed by atoms with Crippen LogP contribution in [-0.4, -0.2) is 52.6 Å². The summed E-state index contributed by atoms with van der Waals surface area (Å²) in [4.78, 5) is 16.5. The van der Waals surface area contributed by atoms with Crippen LogP contribution in [0, 0.1) is 19.3 Å². The summed E-state index contributed by atoms with van der Waals surface area (Å²) in [5.41, 5.74) is 3.48. The number of amidine groups is 2. The quantitative estimate of drug-likeness (QED) is 0.708. The SMILES string of the molecule is COc1cccc(-n2c(C)cc(/C=C3/C(=N)N4N=C(S(C)(=O)=O)SC4=NC3=O)c2C)c1. The van der Waals surface area contributed by atoms with Gasteiger partial charge in [-0.2, -0.15) is 10.0 Å². The Morgan fingerprint density at radius 1 is 1.23 bits per heavy atom. The lowest BCUT2D eigenvalue weighted by molar-refractivity contribution is -0.114. The van der Waals surface area contributed by atoms with Gasteiger partial charge in [-0.1, -0.05) is 6.07 Å². The van der Waals surface area contributed by atoms with Crippen LogP contribution >= 0.6 is 11.8 Å². The number of hydrogen-bond donors (Lipinski definition) is 1. The number of ether oxygens (including phenoxy) is 1. The molecule has 0 radical (unpaired) electrons. The normalized spacial score (nSPS) is 17.7. The van der Waals surface area contributed by atoms with Crippen LogP contribution in [0.2, 0.25) is 0 Å². The summed E-state index contributed by atoms with van der Waals surface area (Å²) >= 11 is 0.761. The fraction of sp³-hybridized carbons (Fsp3) is 0.200. The molecule has 1 amide bonds. The van der Waals surface area contributed by atoms with Gasteiger partial charge in [-0.05, 0) is 55.4 Å². The molecule has 2 aliphatic rings. The molecule has 3 heterocycles. The van der Waals surface area contributed by atoms with E-state index in [-0.39, 0.29) is 21.0 Å². The fourth-order valence-corrected chi connectivity index (χ4v) is 5.05. The van der Waals surface area contributed by atoms with Crippen molar-refractivity contribution in [2.45, 2.75) is 13.8 Å². The van der Waals surface area contributed by atoms with Gasteiger partial charge in [0.15, 0.2) is 5.84 Å². The summed E-state index contributed by atoms with van der Waals surface area (Å²) in [5.74, 6) is -0.102. The van der Waals surface area contributed by atoms with Gasteiger partial charge in [0.25, 0.3) is 5.91 Å². The van der Waals surface area contributed by atoms with Crippen molar-refractivity contribution in [1.29, 1.82) is 5.41 Å². The molecule has 1 aromatic carbocycles. The molecule has 0 spiro atoms. The minimum absolute atomic E-state index is 0.0359. The van der Waals surface area contributed by atoms with Crippen molar-refractivity contribution in [1.82, 2.24) is 9.58 Å². The lowest BCUT2D eigenvalue weighted by atomic mass is 10.1. The number of rotatable bonds is 3. The van der Waals surface area contributed by atoms with E-state index >= 15 is 0 Å². The summed E-state index contributed by atoms with van der Waals surface area (Å²) in [6.45, 7) is 3.86. The van der Waals surface area contributed by atoms with E-state index in [2.05, 4.69) is 10.1 Å². The number of carbonyl (C=O) groups is 1. The van der Waals surface area contributed by atoms with Crippen molar-refractivity contribution in [3.8, 4) is 11.4 Å². The Morgan fingerprint density at radius 3 is 2.65 bits per heavy atom. The Labute approximate surface area is 183 Å². The van der Waals surface area contributed by atoms with Crippen molar-refractivity contribution in [2.75, 3.05) is 13.4 Å². The zero-order chi connectivity index (χ0) is 22.5. The lowest BCUT2D eigenvalue weighted by Crippen LogP contribution is -2.35. The molecular formula is C20H19N5O4S2. The first-order chi connectivity index (χ1) is 14.6. The van der Waals surface area contributed by atoms with Gasteiger partial charge in [-0.15, -0.1) is 5.10 Å². The van der Waals surface area contributed by atoms with Gasteiger partial charge in [0.05, 0.1) is 12.7 Å². The topological polar surface area (TPSA) is 117 Å². The van der Waals surface area contributed by atoms with Crippen molar-refractivity contribution in [3.05, 3.63) is 52.9 Å². The number of carbonyl (C=O) groups excluding carboxylic acids is 1. The number of hydrogen-bond acceptors (Lipinski definition) is 7. The summed E-state index contributed by atoms with van der Waals surface area (Å²) in [7, 11) is -1.97. The molecule has 1 aromatic heterocycles. The van der Waals surface area contributed by atoms with Crippen LogP contribution in [0.3, 0.4) is 0 Å². The number of benzene rings is 1. The Kier molecular flexibility index (Phi) is 5.10. The summed E-state index contributed by atoms with van der Waals surface area (Å²) in [6.07, 6.45) is 2.61. The first-order valence-electron chi connectivity index (χ1n) is 9.14. The van der Waals surface area contributed by atoms with Gasteiger partial charge in [0, 0.05) is 29.4 Å². The fourth-order valence-electron chi connectivity index (χ4n) is 3.36. The third-order valence-electron chi connectivity index (χ3n) is 4.83. The summed E-state index contributed by atoms with van der Waals surface area (Å²) in [6, 6.07) is 9.52. The predicted octanol–water partition coefficient (Wildman–Crippen LogP) is 2.72. The van der Waals surface area contributed by atoms with E-state index in [0.29, 0.717) is 0 Å². The molecular weight excluding hydrogens is 438 g/mol. The number of aromatic nitrogens is 1. The number of methoxy groups -OCH3 is 1. The first-order valence-corrected chi connectivity index (χ1v) is 11.8. The number of nitrogens with zero attached hydrogens (tertiary/aromatic N) is 4. The Bertz CT molecular complexity index is 1340. The van der Waals surface area contributed by atoms with E-state index < -0.39 is 15.7 Å². The van der Waals surface area contributed by atoms with E-state index in [1.54, 1.807) is 13.2 Å². The molecule has 4 rings (SSSR count). The Hall–Kier alpha value is -3.18. The van der Waals surface area contributed by atoms with Crippen LogP contribution in [0.15, 0.2) is 46.0 Å². The second-order valence-corrected chi connectivity index (χ2v) is 10.2. The van der Waals surface area contributed by atoms with Crippen LogP contribution in [0.4, 0.5) is 0 Å². The van der Waals surface area contributed by atoms with Crippen LogP contribution in [0.1, 0.15) is 17.0 Å². The maximum atomic E-state index is 12.6. The molecule has 0 bridgehead atoms. The van der Waals surface area contributed by atoms with E-state index in [4.69, 9.17) is 10.1 Å². The standard InChI is InChI=1S/C20H19N5O4S2/c1-11-8-13(12(2)24(11)14-6-5-7-15(10-14)29-3)9-16-17(21)25-19(22-18(16)26)30-20(23-25)31(4,27)28/h5-10,21H,1-4H3/b16-9-,21-17?. The second kappa shape index (κ2) is 7.50. The zero-order valence-electron chi connectivity index (χ0n) is 17.2. The molecule has 0 unspecified atom stereocenters. The number of aliphatic imine (C=N–C) groups is 1. The Morgan fingerprint density at radius 2 is 1.97 bits per heavy atom. The van der Waals surface area contributed by atoms with Crippen molar-refractivity contribution < 1.29 is 17.9 Å². The molecule has 0 saturated heterocycles. The third-order valence-corrected chi connectivity index (χ3v) is 7.41. The van der Waals surface area contributed by atoms with Crippen molar-refractivity contribution >= 4 is 49.0 Å². The maximum absolute atomic E-state index is 12.6. The van der Waals surface area contributed by atoms with Gasteiger partial charge >= 0.3 is 0 Å². The monoisotopic (exact) mass is 457 g/mol. The highest BCUT2D eigenvalue weighted by atomic mass is 32.3. The average Bonchev–Trinajstić information content (AvgIpc) is 3.26. The Balaban J connectivity index is 1.75. The third kappa shape index (κ3) is 3.70. The van der Waals surface area contributed by atoms with Gasteiger partial charge in [0.1, 0.15) is 5.75 Å². The van der Waals surface area contributed by atoms with E-state index in [0.717, 1.165) is 51.4 Å². The number of hydrazone groups is 1. The van der Waals surface area contributed by atoms with Crippen molar-refractivity contribution in [3.63, 3.8) is 0 Å². The molecule has 160 valence electrons. The molecule has 0 fully saturated rings. The molecule has 1 N–H and O–H groups in total. The molecule has 0 saturated carbocycles. The van der Waals surface area contributed by atoms with Gasteiger partial charge < -0.3 is 9.30 Å². The number of sulfone groups is 1. The first kappa shape index (κ1) is 21.1. The minimum atomic E-state index is -3.57. The molecule has 11 heteroatoms. The van der Waals surface area contributed by atoms with Crippen LogP contribution in [0.25, 0.3) is 11.8 Å². The average molecular weight is 458 g/mol. The van der Waals surface area contributed by atoms with E-state index in [1.807, 2.05) is 48.7 Å². The van der Waals surface area contributed by atoms with Gasteiger partial charge in [0.2, 0.25) is 19.4 Å². The van der Waals surface area contributed by atoms with E-state index in [9.17, 15) is 13.2 Å². The molecule has 0 aliphatic carbocycles. The zero-order valence-corrected chi connectivity index (χ0v) is 18.8. The molecule has 0 atom stereocenters. The van der Waals surface area contributed by atoms with Crippen LogP contribution < -0.4 is 4.74 Å².